The van der Waals surface area contributed by atoms with Crippen molar-refractivity contribution >= 4 is 5.95 Å². The number of aromatic nitrogens is 2. The minimum absolute atomic E-state index is 0.557. The highest BCUT2D eigenvalue weighted by Gasteiger charge is 2.33. The smallest absolute Gasteiger partial charge is 0.225 e. The molecular formula is C22H31N5O2. The summed E-state index contributed by atoms with van der Waals surface area (Å²) in [6.07, 6.45) is 5.22. The maximum Gasteiger partial charge on any atom is 0.225 e. The summed E-state index contributed by atoms with van der Waals surface area (Å²) in [6.45, 7) is 7.36. The van der Waals surface area contributed by atoms with Crippen LogP contribution in [0.2, 0.25) is 0 Å². The van der Waals surface area contributed by atoms with Gasteiger partial charge in [0.15, 0.2) is 0 Å². The van der Waals surface area contributed by atoms with Gasteiger partial charge >= 0.3 is 0 Å². The summed E-state index contributed by atoms with van der Waals surface area (Å²) < 4.78 is 5.43. The van der Waals surface area contributed by atoms with Crippen LogP contribution in [0.25, 0.3) is 0 Å². The van der Waals surface area contributed by atoms with Crippen molar-refractivity contribution in [1.82, 2.24) is 20.2 Å². The molecule has 1 atom stereocenters. The number of benzene rings is 1. The largest absolute Gasteiger partial charge is 0.387 e. The lowest BCUT2D eigenvalue weighted by molar-refractivity contribution is 0.0256. The molecule has 0 bridgehead atoms. The Morgan fingerprint density at radius 1 is 1.07 bits per heavy atom. The Morgan fingerprint density at radius 3 is 2.69 bits per heavy atom. The average molecular weight is 398 g/mol. The molecule has 2 aliphatic rings. The summed E-state index contributed by atoms with van der Waals surface area (Å²) in [6, 6.07) is 10.5. The lowest BCUT2D eigenvalue weighted by Gasteiger charge is -2.39. The van der Waals surface area contributed by atoms with Crippen molar-refractivity contribution in [1.29, 1.82) is 0 Å². The highest BCUT2D eigenvalue weighted by Crippen LogP contribution is 2.23. The van der Waals surface area contributed by atoms with Crippen LogP contribution in [0, 0.1) is 0 Å². The molecular weight excluding hydrogens is 366 g/mol. The molecule has 1 aromatic heterocycles. The average Bonchev–Trinajstić information content (AvgIpc) is 2.75. The van der Waals surface area contributed by atoms with Gasteiger partial charge in [0.1, 0.15) is 0 Å². The Balaban J connectivity index is 1.28. The van der Waals surface area contributed by atoms with E-state index in [-0.39, 0.29) is 0 Å². The highest BCUT2D eigenvalue weighted by atomic mass is 16.5. The van der Waals surface area contributed by atoms with Crippen LogP contribution < -0.4 is 10.2 Å². The van der Waals surface area contributed by atoms with E-state index in [2.05, 4.69) is 49.4 Å². The Kier molecular flexibility index (Phi) is 6.71. The van der Waals surface area contributed by atoms with E-state index in [0.717, 1.165) is 58.8 Å². The van der Waals surface area contributed by atoms with Gasteiger partial charge in [-0.05, 0) is 30.0 Å². The molecule has 0 radical (unpaired) electrons. The lowest BCUT2D eigenvalue weighted by Crippen LogP contribution is -2.53. The molecule has 1 unspecified atom stereocenters. The van der Waals surface area contributed by atoms with Gasteiger partial charge in [-0.15, -0.1) is 0 Å². The summed E-state index contributed by atoms with van der Waals surface area (Å²) in [5.41, 5.74) is 1.82. The van der Waals surface area contributed by atoms with Gasteiger partial charge in [-0.2, -0.15) is 0 Å². The SMILES string of the molecule is OC1(CNCc2cccc(CN3CCOCC3)c2)CCCN(c2ncccn2)C1. The van der Waals surface area contributed by atoms with Crippen molar-refractivity contribution in [2.45, 2.75) is 31.5 Å². The molecule has 2 saturated heterocycles. The second-order valence-electron chi connectivity index (χ2n) is 8.11. The molecule has 2 aliphatic heterocycles. The maximum absolute atomic E-state index is 11.1. The van der Waals surface area contributed by atoms with E-state index in [1.807, 2.05) is 6.07 Å². The minimum Gasteiger partial charge on any atom is -0.387 e. The fourth-order valence-corrected chi connectivity index (χ4v) is 4.18. The Hall–Kier alpha value is -2.06. The number of aliphatic hydroxyl groups is 1. The van der Waals surface area contributed by atoms with Crippen LogP contribution in [0.4, 0.5) is 5.95 Å². The van der Waals surface area contributed by atoms with Crippen LogP contribution in [0.1, 0.15) is 24.0 Å². The van der Waals surface area contributed by atoms with Gasteiger partial charge in [0.25, 0.3) is 0 Å². The molecule has 3 heterocycles. The van der Waals surface area contributed by atoms with Crippen LogP contribution in [-0.4, -0.2) is 71.5 Å². The van der Waals surface area contributed by atoms with E-state index in [1.165, 1.54) is 11.1 Å². The third-order valence-electron chi connectivity index (χ3n) is 5.67. The molecule has 2 aromatic rings. The monoisotopic (exact) mass is 397 g/mol. The first kappa shape index (κ1) is 20.2. The van der Waals surface area contributed by atoms with Crippen LogP contribution in [0.5, 0.6) is 0 Å². The van der Waals surface area contributed by atoms with Crippen LogP contribution in [0.15, 0.2) is 42.7 Å². The highest BCUT2D eigenvalue weighted by molar-refractivity contribution is 5.30. The molecule has 29 heavy (non-hydrogen) atoms. The standard InChI is InChI=1S/C22H31N5O2/c28-22(6-2-9-27(18-22)21-24-7-3-8-25-21)17-23-15-19-4-1-5-20(14-19)16-26-10-12-29-13-11-26/h1,3-5,7-8,14,23,28H,2,6,9-13,15-18H2. The molecule has 1 aromatic carbocycles. The van der Waals surface area contributed by atoms with Gasteiger partial charge in [0.2, 0.25) is 5.95 Å². The van der Waals surface area contributed by atoms with E-state index in [4.69, 9.17) is 4.74 Å². The topological polar surface area (TPSA) is 73.8 Å². The number of piperidine rings is 1. The van der Waals surface area contributed by atoms with Crippen molar-refractivity contribution in [2.24, 2.45) is 0 Å². The number of nitrogens with zero attached hydrogens (tertiary/aromatic N) is 4. The molecule has 4 rings (SSSR count). The Morgan fingerprint density at radius 2 is 1.86 bits per heavy atom. The summed E-state index contributed by atoms with van der Waals surface area (Å²) in [5, 5.41) is 14.5. The zero-order chi connectivity index (χ0) is 19.9. The fourth-order valence-electron chi connectivity index (χ4n) is 4.18. The van der Waals surface area contributed by atoms with Crippen molar-refractivity contribution in [3.05, 3.63) is 53.9 Å². The normalized spacial score (nSPS) is 23.3. The summed E-state index contributed by atoms with van der Waals surface area (Å²) in [5.74, 6) is 0.696. The van der Waals surface area contributed by atoms with Crippen LogP contribution >= 0.6 is 0 Å². The molecule has 2 N–H and O–H groups in total. The van der Waals surface area contributed by atoms with Gasteiger partial charge in [-0.1, -0.05) is 24.3 Å². The predicted octanol–water partition coefficient (Wildman–Crippen LogP) is 1.43. The first-order valence-corrected chi connectivity index (χ1v) is 10.5. The van der Waals surface area contributed by atoms with Crippen molar-refractivity contribution in [2.75, 3.05) is 50.8 Å². The van der Waals surface area contributed by atoms with E-state index < -0.39 is 5.60 Å². The Bertz CT molecular complexity index is 769. The maximum atomic E-state index is 11.1. The molecule has 0 saturated carbocycles. The minimum atomic E-state index is -0.761. The van der Waals surface area contributed by atoms with Crippen molar-refractivity contribution in [3.8, 4) is 0 Å². The predicted molar refractivity (Wildman–Crippen MR) is 113 cm³/mol. The number of hydrogen-bond donors (Lipinski definition) is 2. The fraction of sp³-hybridized carbons (Fsp3) is 0.545. The van der Waals surface area contributed by atoms with E-state index in [9.17, 15) is 5.11 Å². The third-order valence-corrected chi connectivity index (χ3v) is 5.67. The van der Waals surface area contributed by atoms with E-state index >= 15 is 0 Å². The van der Waals surface area contributed by atoms with Gasteiger partial charge in [0.05, 0.1) is 25.4 Å². The van der Waals surface area contributed by atoms with Crippen molar-refractivity contribution < 1.29 is 9.84 Å². The van der Waals surface area contributed by atoms with Gasteiger partial charge in [-0.25, -0.2) is 9.97 Å². The van der Waals surface area contributed by atoms with E-state index in [1.54, 1.807) is 12.4 Å². The quantitative estimate of drug-likeness (QED) is 0.732. The molecule has 156 valence electrons. The van der Waals surface area contributed by atoms with Gasteiger partial charge in [0, 0.05) is 51.7 Å². The number of morpholine rings is 1. The van der Waals surface area contributed by atoms with Gasteiger partial charge < -0.3 is 20.1 Å². The first-order valence-electron chi connectivity index (χ1n) is 10.5. The molecule has 2 fully saturated rings. The number of hydrogen-bond acceptors (Lipinski definition) is 7. The molecule has 0 spiro atoms. The summed E-state index contributed by atoms with van der Waals surface area (Å²) in [4.78, 5) is 13.2. The Labute approximate surface area is 172 Å². The molecule has 7 nitrogen and oxygen atoms in total. The second-order valence-corrected chi connectivity index (χ2v) is 8.11. The number of ether oxygens (including phenoxy) is 1. The number of anilines is 1. The third kappa shape index (κ3) is 5.73. The summed E-state index contributed by atoms with van der Waals surface area (Å²) >= 11 is 0. The van der Waals surface area contributed by atoms with Crippen LogP contribution in [0.3, 0.4) is 0 Å². The van der Waals surface area contributed by atoms with Crippen molar-refractivity contribution in [3.63, 3.8) is 0 Å². The van der Waals surface area contributed by atoms with Gasteiger partial charge in [-0.3, -0.25) is 4.90 Å². The molecule has 0 aliphatic carbocycles. The first-order chi connectivity index (χ1) is 14.2. The number of nitrogens with one attached hydrogen (secondary N) is 1. The zero-order valence-corrected chi connectivity index (χ0v) is 17.0. The molecule has 0 amide bonds. The van der Waals surface area contributed by atoms with E-state index in [0.29, 0.717) is 19.0 Å². The lowest BCUT2D eigenvalue weighted by atomic mass is 9.93. The second kappa shape index (κ2) is 9.63. The number of rotatable bonds is 7. The zero-order valence-electron chi connectivity index (χ0n) is 17.0. The number of β-amino-alcohol motifs (C(OH)–C–C–N with tert-alkyl or cyclic N) is 1. The van der Waals surface area contributed by atoms with Crippen LogP contribution in [-0.2, 0) is 17.8 Å². The summed E-state index contributed by atoms with van der Waals surface area (Å²) in [7, 11) is 0. The molecule has 7 heteroatoms.